The van der Waals surface area contributed by atoms with E-state index in [-0.39, 0.29) is 11.8 Å². The van der Waals surface area contributed by atoms with Crippen molar-refractivity contribution >= 4 is 61.7 Å². The summed E-state index contributed by atoms with van der Waals surface area (Å²) in [5, 5.41) is 7.97. The fourth-order valence-electron chi connectivity index (χ4n) is 3.47. The number of carbonyl (C=O) groups excluding carboxylic acids is 2. The van der Waals surface area contributed by atoms with E-state index in [0.717, 1.165) is 44.7 Å². The molecule has 0 saturated heterocycles. The molecule has 1 aromatic heterocycles. The lowest BCUT2D eigenvalue weighted by molar-refractivity contribution is -0.116. The van der Waals surface area contributed by atoms with Crippen molar-refractivity contribution in [3.05, 3.63) is 94.3 Å². The van der Waals surface area contributed by atoms with Crippen molar-refractivity contribution < 1.29 is 9.59 Å². The van der Waals surface area contributed by atoms with Gasteiger partial charge in [-0.1, -0.05) is 71.7 Å². The number of unbranched alkanes of at least 4 members (excludes halogenated alkanes) is 1. The van der Waals surface area contributed by atoms with E-state index in [1.165, 1.54) is 23.1 Å². The highest BCUT2D eigenvalue weighted by atomic mass is 79.9. The van der Waals surface area contributed by atoms with Crippen LogP contribution in [0, 0.1) is 0 Å². The number of hydrogen-bond donors (Lipinski definition) is 2. The van der Waals surface area contributed by atoms with Gasteiger partial charge in [0.05, 0.1) is 5.69 Å². The SMILES string of the molecule is CCCCC(=O)Nc1ccc(SC(C(=O)Nc2nc(-c3ccc(Br)cc3)cs2)c2ccccc2)cc1. The van der Waals surface area contributed by atoms with E-state index in [4.69, 9.17) is 0 Å². The molecule has 0 bridgehead atoms. The van der Waals surface area contributed by atoms with Gasteiger partial charge in [-0.3, -0.25) is 9.59 Å². The largest absolute Gasteiger partial charge is 0.326 e. The number of nitrogens with zero attached hydrogens (tertiary/aromatic N) is 1. The molecule has 0 spiro atoms. The summed E-state index contributed by atoms with van der Waals surface area (Å²) in [7, 11) is 0. The highest BCUT2D eigenvalue weighted by Crippen LogP contribution is 2.37. The minimum atomic E-state index is -0.462. The maximum absolute atomic E-state index is 13.4. The van der Waals surface area contributed by atoms with Gasteiger partial charge in [0.25, 0.3) is 0 Å². The van der Waals surface area contributed by atoms with Gasteiger partial charge >= 0.3 is 0 Å². The fourth-order valence-corrected chi connectivity index (χ4v) is 5.48. The first-order valence-electron chi connectivity index (χ1n) is 11.7. The Balaban J connectivity index is 1.47. The Bertz CT molecular complexity index is 1290. The van der Waals surface area contributed by atoms with E-state index in [1.54, 1.807) is 0 Å². The van der Waals surface area contributed by atoms with Crippen molar-refractivity contribution in [2.24, 2.45) is 0 Å². The summed E-state index contributed by atoms with van der Waals surface area (Å²) in [6.07, 6.45) is 2.37. The van der Waals surface area contributed by atoms with Crippen LogP contribution in [0.2, 0.25) is 0 Å². The molecule has 1 heterocycles. The van der Waals surface area contributed by atoms with E-state index in [9.17, 15) is 9.59 Å². The van der Waals surface area contributed by atoms with Crippen LogP contribution in [0.5, 0.6) is 0 Å². The highest BCUT2D eigenvalue weighted by molar-refractivity contribution is 9.10. The van der Waals surface area contributed by atoms with Crippen molar-refractivity contribution in [3.63, 3.8) is 0 Å². The lowest BCUT2D eigenvalue weighted by atomic mass is 10.1. The third-order valence-corrected chi connectivity index (χ3v) is 7.92. The predicted molar refractivity (Wildman–Crippen MR) is 154 cm³/mol. The molecular formula is C28H26BrN3O2S2. The van der Waals surface area contributed by atoms with Crippen molar-refractivity contribution in [2.75, 3.05) is 10.6 Å². The molecule has 3 aromatic carbocycles. The molecule has 0 fully saturated rings. The number of hydrogen-bond acceptors (Lipinski definition) is 5. The van der Waals surface area contributed by atoms with Gasteiger partial charge in [-0.2, -0.15) is 0 Å². The summed E-state index contributed by atoms with van der Waals surface area (Å²) < 4.78 is 1.00. The smallest absolute Gasteiger partial charge is 0.244 e. The average Bonchev–Trinajstić information content (AvgIpc) is 3.36. The number of anilines is 2. The summed E-state index contributed by atoms with van der Waals surface area (Å²) in [4.78, 5) is 31.0. The topological polar surface area (TPSA) is 71.1 Å². The Kier molecular flexibility index (Phi) is 9.33. The van der Waals surface area contributed by atoms with Gasteiger partial charge in [-0.05, 0) is 48.4 Å². The Morgan fingerprint density at radius 1 is 0.972 bits per heavy atom. The third kappa shape index (κ3) is 7.29. The number of rotatable bonds is 10. The lowest BCUT2D eigenvalue weighted by Gasteiger charge is -2.16. The zero-order valence-electron chi connectivity index (χ0n) is 19.7. The van der Waals surface area contributed by atoms with Gasteiger partial charge in [0, 0.05) is 32.4 Å². The van der Waals surface area contributed by atoms with E-state index in [2.05, 4.69) is 38.5 Å². The molecule has 2 amide bonds. The van der Waals surface area contributed by atoms with Crippen LogP contribution >= 0.6 is 39.0 Å². The first-order valence-corrected chi connectivity index (χ1v) is 14.2. The van der Waals surface area contributed by atoms with Crippen molar-refractivity contribution in [1.29, 1.82) is 0 Å². The van der Waals surface area contributed by atoms with Crippen LogP contribution in [0.25, 0.3) is 11.3 Å². The number of benzene rings is 3. The van der Waals surface area contributed by atoms with Crippen LogP contribution in [-0.4, -0.2) is 16.8 Å². The Hall–Kier alpha value is -2.94. The zero-order chi connectivity index (χ0) is 25.3. The van der Waals surface area contributed by atoms with E-state index >= 15 is 0 Å². The number of thiazole rings is 1. The molecule has 1 atom stereocenters. The summed E-state index contributed by atoms with van der Waals surface area (Å²) in [5.41, 5.74) is 3.47. The maximum Gasteiger partial charge on any atom is 0.244 e. The summed E-state index contributed by atoms with van der Waals surface area (Å²) in [5.74, 6) is -0.121. The molecule has 8 heteroatoms. The first kappa shape index (κ1) is 26.1. The van der Waals surface area contributed by atoms with Crippen molar-refractivity contribution in [1.82, 2.24) is 4.98 Å². The fraction of sp³-hybridized carbons (Fsp3) is 0.179. The number of thioether (sulfide) groups is 1. The van der Waals surface area contributed by atoms with E-state index in [0.29, 0.717) is 11.6 Å². The molecule has 0 saturated carbocycles. The molecule has 4 aromatic rings. The predicted octanol–water partition coefficient (Wildman–Crippen LogP) is 8.17. The van der Waals surface area contributed by atoms with Gasteiger partial charge in [0.15, 0.2) is 5.13 Å². The quantitative estimate of drug-likeness (QED) is 0.186. The van der Waals surface area contributed by atoms with Gasteiger partial charge in [-0.15, -0.1) is 23.1 Å². The molecule has 0 radical (unpaired) electrons. The number of nitrogens with one attached hydrogen (secondary N) is 2. The van der Waals surface area contributed by atoms with Gasteiger partial charge in [0.1, 0.15) is 5.25 Å². The Labute approximate surface area is 227 Å². The average molecular weight is 581 g/mol. The van der Waals surface area contributed by atoms with E-state index in [1.807, 2.05) is 84.2 Å². The van der Waals surface area contributed by atoms with Crippen LogP contribution < -0.4 is 10.6 Å². The maximum atomic E-state index is 13.4. The second kappa shape index (κ2) is 12.9. The van der Waals surface area contributed by atoms with Crippen LogP contribution in [0.15, 0.2) is 93.6 Å². The molecular weight excluding hydrogens is 554 g/mol. The van der Waals surface area contributed by atoms with Crippen LogP contribution in [-0.2, 0) is 9.59 Å². The molecule has 0 aliphatic rings. The third-order valence-electron chi connectivity index (χ3n) is 5.36. The summed E-state index contributed by atoms with van der Waals surface area (Å²) in [6.45, 7) is 2.06. The van der Waals surface area contributed by atoms with Crippen molar-refractivity contribution in [2.45, 2.75) is 36.3 Å². The molecule has 36 heavy (non-hydrogen) atoms. The Morgan fingerprint density at radius 2 is 1.69 bits per heavy atom. The zero-order valence-corrected chi connectivity index (χ0v) is 23.0. The van der Waals surface area contributed by atoms with Crippen molar-refractivity contribution in [3.8, 4) is 11.3 Å². The molecule has 184 valence electrons. The second-order valence-corrected chi connectivity index (χ2v) is 11.1. The van der Waals surface area contributed by atoms with E-state index < -0.39 is 5.25 Å². The standard InChI is InChI=1S/C28H26BrN3O2S2/c1-2-3-9-25(33)30-22-14-16-23(17-15-22)36-26(20-7-5-4-6-8-20)27(34)32-28-31-24(18-35-28)19-10-12-21(29)13-11-19/h4-8,10-18,26H,2-3,9H2,1H3,(H,30,33)(H,31,32,34). The molecule has 0 aliphatic heterocycles. The number of aromatic nitrogens is 1. The molecule has 1 unspecified atom stereocenters. The number of carbonyl (C=O) groups is 2. The van der Waals surface area contributed by atoms with Crippen LogP contribution in [0.4, 0.5) is 10.8 Å². The minimum Gasteiger partial charge on any atom is -0.326 e. The van der Waals surface area contributed by atoms with Gasteiger partial charge in [-0.25, -0.2) is 4.98 Å². The van der Waals surface area contributed by atoms with Gasteiger partial charge in [0.2, 0.25) is 11.8 Å². The van der Waals surface area contributed by atoms with Crippen LogP contribution in [0.1, 0.15) is 37.0 Å². The number of amides is 2. The summed E-state index contributed by atoms with van der Waals surface area (Å²) in [6, 6.07) is 25.2. The monoisotopic (exact) mass is 579 g/mol. The molecule has 2 N–H and O–H groups in total. The van der Waals surface area contributed by atoms with Crippen LogP contribution in [0.3, 0.4) is 0 Å². The normalized spacial score (nSPS) is 11.6. The molecule has 0 aliphatic carbocycles. The molecule has 4 rings (SSSR count). The second-order valence-electron chi connectivity index (χ2n) is 8.12. The Morgan fingerprint density at radius 3 is 2.39 bits per heavy atom. The lowest BCUT2D eigenvalue weighted by Crippen LogP contribution is -2.19. The highest BCUT2D eigenvalue weighted by Gasteiger charge is 2.23. The first-order chi connectivity index (χ1) is 17.5. The number of halogens is 1. The summed E-state index contributed by atoms with van der Waals surface area (Å²) >= 11 is 6.32. The molecule has 5 nitrogen and oxygen atoms in total. The minimum absolute atomic E-state index is 0.0183. The van der Waals surface area contributed by atoms with Gasteiger partial charge < -0.3 is 10.6 Å².